The van der Waals surface area contributed by atoms with E-state index >= 15 is 0 Å². The highest BCUT2D eigenvalue weighted by Crippen LogP contribution is 2.65. The largest absolute Gasteiger partial charge is 0.481 e. The van der Waals surface area contributed by atoms with Gasteiger partial charge in [0.05, 0.1) is 24.4 Å². The van der Waals surface area contributed by atoms with Gasteiger partial charge in [-0.15, -0.1) is 11.3 Å². The number of carboxylic acid groups (broad SMARTS) is 1. The molecule has 1 saturated carbocycles. The zero-order valence-corrected chi connectivity index (χ0v) is 21.2. The zero-order chi connectivity index (χ0) is 24.6. The monoisotopic (exact) mass is 511 g/mol. The maximum absolute atomic E-state index is 13.4. The summed E-state index contributed by atoms with van der Waals surface area (Å²) >= 11 is 1.21. The number of rotatable bonds is 8. The van der Waals surface area contributed by atoms with E-state index in [-0.39, 0.29) is 16.0 Å². The molecule has 0 radical (unpaired) electrons. The maximum atomic E-state index is 13.4. The maximum Gasteiger partial charge on any atom is 0.311 e. The van der Waals surface area contributed by atoms with E-state index < -0.39 is 27.0 Å². The lowest BCUT2D eigenvalue weighted by atomic mass is 10.0. The number of thiophene rings is 1. The minimum Gasteiger partial charge on any atom is -0.481 e. The summed E-state index contributed by atoms with van der Waals surface area (Å²) in [5, 5.41) is 10.1. The Morgan fingerprint density at radius 3 is 2.54 bits per heavy atom. The van der Waals surface area contributed by atoms with Gasteiger partial charge in [0.15, 0.2) is 9.84 Å². The smallest absolute Gasteiger partial charge is 0.311 e. The summed E-state index contributed by atoms with van der Waals surface area (Å²) in [6, 6.07) is 21.0. The lowest BCUT2D eigenvalue weighted by molar-refractivity contribution is -0.143. The van der Waals surface area contributed by atoms with Gasteiger partial charge in [-0.2, -0.15) is 0 Å². The number of morpholine rings is 1. The van der Waals surface area contributed by atoms with Crippen LogP contribution in [0.2, 0.25) is 0 Å². The fraction of sp³-hybridized carbons (Fsp3) is 0.370. The van der Waals surface area contributed by atoms with Gasteiger partial charge in [-0.1, -0.05) is 55.5 Å². The number of carbonyl (C=O) groups is 1. The summed E-state index contributed by atoms with van der Waals surface area (Å²) < 4.78 is 32.5. The van der Waals surface area contributed by atoms with Crippen LogP contribution in [0.1, 0.15) is 24.0 Å². The lowest BCUT2D eigenvalue weighted by Gasteiger charge is -2.26. The van der Waals surface area contributed by atoms with Gasteiger partial charge in [-0.25, -0.2) is 8.42 Å². The Labute approximate surface area is 210 Å². The van der Waals surface area contributed by atoms with Gasteiger partial charge in [0.1, 0.15) is 4.21 Å². The Balaban J connectivity index is 1.36. The standard InChI is InChI=1S/C27H29NO5S2/c1-19-25(21-7-3-2-4-8-21)27(19,26(29)30)18-35(31,32)24-11-10-23(34-24)22-9-5-6-20(16-22)17-28-12-14-33-15-13-28/h2-11,16,19,25H,12-15,17-18H2,1H3,(H,29,30)/t19-,25-,27-/m0/s1. The van der Waals surface area contributed by atoms with Crippen LogP contribution < -0.4 is 0 Å². The van der Waals surface area contributed by atoms with Crippen molar-refractivity contribution < 1.29 is 23.1 Å². The van der Waals surface area contributed by atoms with Crippen LogP contribution in [0.5, 0.6) is 0 Å². The van der Waals surface area contributed by atoms with E-state index in [1.54, 1.807) is 6.07 Å². The number of ether oxygens (including phenoxy) is 1. The van der Waals surface area contributed by atoms with Crippen molar-refractivity contribution in [1.29, 1.82) is 0 Å². The molecule has 0 bridgehead atoms. The number of hydrogen-bond acceptors (Lipinski definition) is 6. The highest BCUT2D eigenvalue weighted by Gasteiger charge is 2.69. The molecule has 2 heterocycles. The Morgan fingerprint density at radius 2 is 1.83 bits per heavy atom. The van der Waals surface area contributed by atoms with Gasteiger partial charge in [0.2, 0.25) is 0 Å². The molecule has 0 spiro atoms. The first-order chi connectivity index (χ1) is 16.8. The third-order valence-corrected chi connectivity index (χ3v) is 10.9. The van der Waals surface area contributed by atoms with Crippen LogP contribution in [-0.4, -0.2) is 56.4 Å². The Bertz CT molecular complexity index is 1310. The first kappa shape index (κ1) is 24.2. The van der Waals surface area contributed by atoms with Crippen molar-refractivity contribution >= 4 is 27.1 Å². The van der Waals surface area contributed by atoms with E-state index in [1.807, 2.05) is 55.5 Å². The topological polar surface area (TPSA) is 83.9 Å². The minimum absolute atomic E-state index is 0.220. The fourth-order valence-electron chi connectivity index (χ4n) is 5.36. The average molecular weight is 512 g/mol. The van der Waals surface area contributed by atoms with Crippen LogP contribution in [0.25, 0.3) is 10.4 Å². The normalized spacial score (nSPS) is 24.8. The molecule has 6 nitrogen and oxygen atoms in total. The third kappa shape index (κ3) is 4.68. The predicted octanol–water partition coefficient (Wildman–Crippen LogP) is 4.53. The van der Waals surface area contributed by atoms with Gasteiger partial charge in [0.25, 0.3) is 0 Å². The Kier molecular flexibility index (Phi) is 6.57. The molecular formula is C27H29NO5S2. The molecule has 1 saturated heterocycles. The molecule has 35 heavy (non-hydrogen) atoms. The van der Waals surface area contributed by atoms with Crippen molar-refractivity contribution in [3.8, 4) is 10.4 Å². The minimum atomic E-state index is -3.78. The molecule has 1 aliphatic carbocycles. The van der Waals surface area contributed by atoms with Crippen LogP contribution >= 0.6 is 11.3 Å². The van der Waals surface area contributed by atoms with Crippen molar-refractivity contribution in [3.63, 3.8) is 0 Å². The molecule has 5 rings (SSSR count). The molecule has 2 fully saturated rings. The second-order valence-electron chi connectivity index (χ2n) is 9.49. The summed E-state index contributed by atoms with van der Waals surface area (Å²) in [5.41, 5.74) is 1.71. The van der Waals surface area contributed by atoms with Crippen molar-refractivity contribution in [3.05, 3.63) is 77.9 Å². The summed E-state index contributed by atoms with van der Waals surface area (Å²) in [7, 11) is -3.78. The molecule has 3 atom stereocenters. The van der Waals surface area contributed by atoms with Crippen LogP contribution in [0.15, 0.2) is 70.9 Å². The highest BCUT2D eigenvalue weighted by atomic mass is 32.2. The Morgan fingerprint density at radius 1 is 1.09 bits per heavy atom. The van der Waals surface area contributed by atoms with Gasteiger partial charge >= 0.3 is 5.97 Å². The van der Waals surface area contributed by atoms with Crippen molar-refractivity contribution in [2.75, 3.05) is 32.1 Å². The van der Waals surface area contributed by atoms with Crippen LogP contribution in [-0.2, 0) is 25.9 Å². The number of sulfone groups is 1. The van der Waals surface area contributed by atoms with Gasteiger partial charge in [-0.05, 0) is 40.8 Å². The van der Waals surface area contributed by atoms with E-state index in [1.165, 1.54) is 16.9 Å². The molecule has 8 heteroatoms. The third-order valence-electron chi connectivity index (χ3n) is 7.35. The highest BCUT2D eigenvalue weighted by molar-refractivity contribution is 7.93. The van der Waals surface area contributed by atoms with Gasteiger partial charge in [-0.3, -0.25) is 9.69 Å². The quantitative estimate of drug-likeness (QED) is 0.479. The number of benzene rings is 2. The van der Waals surface area contributed by atoms with E-state index in [9.17, 15) is 18.3 Å². The molecule has 2 aromatic carbocycles. The Hall–Kier alpha value is -2.52. The summed E-state index contributed by atoms with van der Waals surface area (Å²) in [6.07, 6.45) is 0. The zero-order valence-electron chi connectivity index (χ0n) is 19.6. The van der Waals surface area contributed by atoms with Gasteiger partial charge in [0, 0.05) is 30.4 Å². The predicted molar refractivity (Wildman–Crippen MR) is 136 cm³/mol. The molecule has 1 aromatic heterocycles. The summed E-state index contributed by atoms with van der Waals surface area (Å²) in [6.45, 7) is 5.95. The van der Waals surface area contributed by atoms with E-state index in [2.05, 4.69) is 17.0 Å². The molecule has 0 unspecified atom stereocenters. The first-order valence-corrected chi connectivity index (χ1v) is 14.3. The molecular weight excluding hydrogens is 482 g/mol. The number of carboxylic acids is 1. The summed E-state index contributed by atoms with van der Waals surface area (Å²) in [4.78, 5) is 15.5. The number of hydrogen-bond donors (Lipinski definition) is 1. The number of aliphatic carboxylic acids is 1. The van der Waals surface area contributed by atoms with E-state index in [0.717, 1.165) is 48.9 Å². The molecule has 2 aliphatic rings. The summed E-state index contributed by atoms with van der Waals surface area (Å²) in [5.74, 6) is -2.01. The van der Waals surface area contributed by atoms with Crippen molar-refractivity contribution in [1.82, 2.24) is 4.90 Å². The SMILES string of the molecule is C[C@H]1[C@@H](c2ccccc2)[C@@]1(CS(=O)(=O)c1ccc(-c2cccc(CN3CCOCC3)c2)s1)C(=O)O. The molecule has 0 amide bonds. The first-order valence-electron chi connectivity index (χ1n) is 11.8. The molecule has 1 N–H and O–H groups in total. The molecule has 3 aromatic rings. The fourth-order valence-corrected chi connectivity index (χ4v) is 8.66. The van der Waals surface area contributed by atoms with E-state index in [0.29, 0.717) is 0 Å². The van der Waals surface area contributed by atoms with E-state index in [4.69, 9.17) is 4.74 Å². The van der Waals surface area contributed by atoms with Gasteiger partial charge < -0.3 is 9.84 Å². The van der Waals surface area contributed by atoms with Crippen LogP contribution in [0.4, 0.5) is 0 Å². The second-order valence-corrected chi connectivity index (χ2v) is 12.8. The van der Waals surface area contributed by atoms with Crippen LogP contribution in [0.3, 0.4) is 0 Å². The van der Waals surface area contributed by atoms with Crippen LogP contribution in [0, 0.1) is 11.3 Å². The molecule has 184 valence electrons. The van der Waals surface area contributed by atoms with Crippen molar-refractivity contribution in [2.45, 2.75) is 23.6 Å². The van der Waals surface area contributed by atoms with Crippen molar-refractivity contribution in [2.24, 2.45) is 11.3 Å². The number of nitrogens with zero attached hydrogens (tertiary/aromatic N) is 1. The second kappa shape index (κ2) is 9.50. The average Bonchev–Trinajstić information content (AvgIpc) is 3.20. The lowest BCUT2D eigenvalue weighted by Crippen LogP contribution is -2.35. The molecule has 1 aliphatic heterocycles.